The maximum absolute atomic E-state index is 12.8. The minimum absolute atomic E-state index is 0.0106. The second kappa shape index (κ2) is 7.90. The second-order valence-corrected chi connectivity index (χ2v) is 6.56. The molecule has 29 heavy (non-hydrogen) atoms. The van der Waals surface area contributed by atoms with Crippen molar-refractivity contribution in [2.24, 2.45) is 0 Å². The fourth-order valence-corrected chi connectivity index (χ4v) is 3.01. The zero-order valence-electron chi connectivity index (χ0n) is 15.7. The molecule has 0 aliphatic carbocycles. The van der Waals surface area contributed by atoms with E-state index >= 15 is 0 Å². The number of rotatable bonds is 5. The van der Waals surface area contributed by atoms with Gasteiger partial charge in [-0.25, -0.2) is 0 Å². The Hall–Kier alpha value is -4.06. The quantitative estimate of drug-likeness (QED) is 0.483. The third-order valence-electron chi connectivity index (χ3n) is 4.44. The summed E-state index contributed by atoms with van der Waals surface area (Å²) in [7, 11) is 0. The van der Waals surface area contributed by atoms with Crippen LogP contribution in [0.25, 0.3) is 10.9 Å². The standard InChI is InChI=1S/C23H18N4O2/c1-15(28)17-6-2-8-19(11-17)26-20-12-18(13-24-14-20)23(29)27-21-9-3-5-16-7-4-10-25-22(16)21/h2-14,26H,1H3,(H,27,29). The van der Waals surface area contributed by atoms with Crippen molar-refractivity contribution >= 4 is 39.7 Å². The van der Waals surface area contributed by atoms with Crippen LogP contribution in [0.2, 0.25) is 0 Å². The van der Waals surface area contributed by atoms with Gasteiger partial charge in [-0.05, 0) is 37.3 Å². The summed E-state index contributed by atoms with van der Waals surface area (Å²) in [5, 5.41) is 7.03. The molecule has 0 radical (unpaired) electrons. The topological polar surface area (TPSA) is 84.0 Å². The van der Waals surface area contributed by atoms with E-state index < -0.39 is 0 Å². The molecule has 0 bridgehead atoms. The summed E-state index contributed by atoms with van der Waals surface area (Å²) in [6.45, 7) is 1.52. The van der Waals surface area contributed by atoms with Gasteiger partial charge in [-0.15, -0.1) is 0 Å². The molecule has 0 saturated carbocycles. The molecule has 0 unspecified atom stereocenters. The van der Waals surface area contributed by atoms with Crippen LogP contribution in [0.3, 0.4) is 0 Å². The summed E-state index contributed by atoms with van der Waals surface area (Å²) >= 11 is 0. The maximum Gasteiger partial charge on any atom is 0.257 e. The number of para-hydroxylation sites is 1. The van der Waals surface area contributed by atoms with Crippen molar-refractivity contribution in [1.82, 2.24) is 9.97 Å². The van der Waals surface area contributed by atoms with Crippen molar-refractivity contribution < 1.29 is 9.59 Å². The summed E-state index contributed by atoms with van der Waals surface area (Å²) in [5.41, 5.74) is 3.78. The Labute approximate surface area is 167 Å². The molecule has 0 fully saturated rings. The number of carbonyl (C=O) groups excluding carboxylic acids is 2. The Morgan fingerprint density at radius 1 is 0.862 bits per heavy atom. The molecule has 0 saturated heterocycles. The highest BCUT2D eigenvalue weighted by atomic mass is 16.1. The first-order valence-electron chi connectivity index (χ1n) is 9.08. The molecule has 142 valence electrons. The van der Waals surface area contributed by atoms with Gasteiger partial charge in [0.05, 0.1) is 28.7 Å². The van der Waals surface area contributed by atoms with Gasteiger partial charge in [-0.1, -0.05) is 30.3 Å². The zero-order valence-corrected chi connectivity index (χ0v) is 15.7. The van der Waals surface area contributed by atoms with E-state index in [1.54, 1.807) is 36.7 Å². The summed E-state index contributed by atoms with van der Waals surface area (Å²) in [6, 6.07) is 18.3. The van der Waals surface area contributed by atoms with E-state index in [1.165, 1.54) is 13.1 Å². The van der Waals surface area contributed by atoms with E-state index in [4.69, 9.17) is 0 Å². The third-order valence-corrected chi connectivity index (χ3v) is 4.44. The van der Waals surface area contributed by atoms with E-state index in [0.29, 0.717) is 22.5 Å². The number of hydrogen-bond donors (Lipinski definition) is 2. The Balaban J connectivity index is 1.56. The maximum atomic E-state index is 12.8. The largest absolute Gasteiger partial charge is 0.354 e. The molecule has 0 aliphatic rings. The van der Waals surface area contributed by atoms with Gasteiger partial charge in [0, 0.05) is 29.0 Å². The lowest BCUT2D eigenvalue weighted by molar-refractivity contribution is 0.101. The SMILES string of the molecule is CC(=O)c1cccc(Nc2cncc(C(=O)Nc3cccc4cccnc34)c2)c1. The van der Waals surface area contributed by atoms with Crippen molar-refractivity contribution in [1.29, 1.82) is 0 Å². The normalized spacial score (nSPS) is 10.5. The summed E-state index contributed by atoms with van der Waals surface area (Å²) in [6.07, 6.45) is 4.82. The van der Waals surface area contributed by atoms with Gasteiger partial charge in [0.2, 0.25) is 0 Å². The third kappa shape index (κ3) is 4.11. The number of carbonyl (C=O) groups is 2. The van der Waals surface area contributed by atoms with Gasteiger partial charge in [-0.2, -0.15) is 0 Å². The number of aromatic nitrogens is 2. The van der Waals surface area contributed by atoms with E-state index in [2.05, 4.69) is 20.6 Å². The number of benzene rings is 2. The first-order valence-corrected chi connectivity index (χ1v) is 9.08. The van der Waals surface area contributed by atoms with Gasteiger partial charge in [0.1, 0.15) is 0 Å². The molecule has 0 spiro atoms. The Bertz CT molecular complexity index is 1210. The van der Waals surface area contributed by atoms with Gasteiger partial charge in [0.25, 0.3) is 5.91 Å². The molecule has 2 aromatic carbocycles. The predicted octanol–water partition coefficient (Wildman–Crippen LogP) is 4.83. The number of anilines is 3. The Kier molecular flexibility index (Phi) is 4.99. The lowest BCUT2D eigenvalue weighted by Crippen LogP contribution is -2.13. The van der Waals surface area contributed by atoms with Gasteiger partial charge < -0.3 is 10.6 Å². The van der Waals surface area contributed by atoms with Crippen LogP contribution in [0, 0.1) is 0 Å². The number of ketones is 1. The number of amides is 1. The smallest absolute Gasteiger partial charge is 0.257 e. The van der Waals surface area contributed by atoms with Gasteiger partial charge in [-0.3, -0.25) is 19.6 Å². The molecule has 2 aromatic heterocycles. The lowest BCUT2D eigenvalue weighted by Gasteiger charge is -2.10. The van der Waals surface area contributed by atoms with Crippen LogP contribution in [0.4, 0.5) is 17.1 Å². The van der Waals surface area contributed by atoms with E-state index in [-0.39, 0.29) is 11.7 Å². The summed E-state index contributed by atoms with van der Waals surface area (Å²) in [4.78, 5) is 32.8. The van der Waals surface area contributed by atoms with E-state index in [0.717, 1.165) is 16.6 Å². The van der Waals surface area contributed by atoms with Crippen LogP contribution in [0.15, 0.2) is 79.3 Å². The van der Waals surface area contributed by atoms with Crippen molar-refractivity contribution in [3.8, 4) is 0 Å². The molecule has 4 rings (SSSR count). The molecule has 6 nitrogen and oxygen atoms in total. The van der Waals surface area contributed by atoms with Crippen LogP contribution in [0.5, 0.6) is 0 Å². The van der Waals surface area contributed by atoms with Crippen molar-refractivity contribution in [3.05, 3.63) is 90.4 Å². The molecule has 2 N–H and O–H groups in total. The fraction of sp³-hybridized carbons (Fsp3) is 0.0435. The molecule has 4 aromatic rings. The number of pyridine rings is 2. The minimum atomic E-state index is -0.281. The highest BCUT2D eigenvalue weighted by Crippen LogP contribution is 2.22. The average Bonchev–Trinajstić information content (AvgIpc) is 2.74. The van der Waals surface area contributed by atoms with E-state index in [9.17, 15) is 9.59 Å². The zero-order chi connectivity index (χ0) is 20.2. The van der Waals surface area contributed by atoms with Crippen LogP contribution < -0.4 is 10.6 Å². The number of nitrogens with zero attached hydrogens (tertiary/aromatic N) is 2. The van der Waals surface area contributed by atoms with Crippen LogP contribution in [-0.2, 0) is 0 Å². The highest BCUT2D eigenvalue weighted by Gasteiger charge is 2.11. The first-order chi connectivity index (χ1) is 14.1. The van der Waals surface area contributed by atoms with Crippen LogP contribution in [0.1, 0.15) is 27.6 Å². The van der Waals surface area contributed by atoms with E-state index in [1.807, 2.05) is 36.4 Å². The lowest BCUT2D eigenvalue weighted by atomic mass is 10.1. The van der Waals surface area contributed by atoms with Gasteiger partial charge >= 0.3 is 0 Å². The van der Waals surface area contributed by atoms with Crippen LogP contribution in [-0.4, -0.2) is 21.7 Å². The van der Waals surface area contributed by atoms with Crippen molar-refractivity contribution in [2.45, 2.75) is 6.92 Å². The number of fused-ring (bicyclic) bond motifs is 1. The first kappa shape index (κ1) is 18.3. The fourth-order valence-electron chi connectivity index (χ4n) is 3.01. The van der Waals surface area contributed by atoms with Crippen LogP contribution >= 0.6 is 0 Å². The predicted molar refractivity (Wildman–Crippen MR) is 114 cm³/mol. The Morgan fingerprint density at radius 2 is 1.66 bits per heavy atom. The summed E-state index contributed by atoms with van der Waals surface area (Å²) in [5.74, 6) is -0.291. The van der Waals surface area contributed by atoms with Gasteiger partial charge in [0.15, 0.2) is 5.78 Å². The molecule has 0 atom stereocenters. The molecule has 6 heteroatoms. The second-order valence-electron chi connectivity index (χ2n) is 6.56. The van der Waals surface area contributed by atoms with Crippen molar-refractivity contribution in [3.63, 3.8) is 0 Å². The summed E-state index contributed by atoms with van der Waals surface area (Å²) < 4.78 is 0. The average molecular weight is 382 g/mol. The molecule has 1 amide bonds. The molecular formula is C23H18N4O2. The Morgan fingerprint density at radius 3 is 2.52 bits per heavy atom. The molecule has 2 heterocycles. The molecule has 0 aliphatic heterocycles. The minimum Gasteiger partial charge on any atom is -0.354 e. The number of nitrogens with one attached hydrogen (secondary N) is 2. The van der Waals surface area contributed by atoms with Crippen molar-refractivity contribution in [2.75, 3.05) is 10.6 Å². The monoisotopic (exact) mass is 382 g/mol. The number of hydrogen-bond acceptors (Lipinski definition) is 5. The molecular weight excluding hydrogens is 364 g/mol. The highest BCUT2D eigenvalue weighted by molar-refractivity contribution is 6.08. The number of Topliss-reactive ketones (excluding diaryl/α,β-unsaturated/α-hetero) is 1.